The molecule has 3 heteroatoms. The first-order valence-electron chi connectivity index (χ1n) is 9.13. The number of halogens is 2. The van der Waals surface area contributed by atoms with Gasteiger partial charge in [-0.15, -0.1) is 0 Å². The van der Waals surface area contributed by atoms with E-state index in [1.54, 1.807) is 0 Å². The van der Waals surface area contributed by atoms with E-state index >= 15 is 8.78 Å². The molecule has 0 radical (unpaired) electrons. The highest BCUT2D eigenvalue weighted by molar-refractivity contribution is 5.35. The number of alkyl halides is 2. The summed E-state index contributed by atoms with van der Waals surface area (Å²) in [5.74, 6) is -2.78. The lowest BCUT2D eigenvalue weighted by Gasteiger charge is -2.58. The van der Waals surface area contributed by atoms with Gasteiger partial charge in [0.05, 0.1) is 0 Å². The average Bonchev–Trinajstić information content (AvgIpc) is 2.19. The second-order valence-electron chi connectivity index (χ2n) is 11.6. The van der Waals surface area contributed by atoms with Crippen LogP contribution < -0.4 is 0 Å². The van der Waals surface area contributed by atoms with Crippen LogP contribution in [0, 0.1) is 16.2 Å². The number of hydrogen-bond donors (Lipinski definition) is 0. The quantitative estimate of drug-likeness (QED) is 0.463. The molecule has 0 saturated carbocycles. The van der Waals surface area contributed by atoms with Crippen molar-refractivity contribution in [3.63, 3.8) is 0 Å². The van der Waals surface area contributed by atoms with E-state index in [0.717, 1.165) is 5.70 Å². The van der Waals surface area contributed by atoms with Crippen LogP contribution in [0.25, 0.3) is 0 Å². The Morgan fingerprint density at radius 3 is 1.46 bits per heavy atom. The van der Waals surface area contributed by atoms with E-state index in [1.165, 1.54) is 0 Å². The van der Waals surface area contributed by atoms with Crippen molar-refractivity contribution >= 4 is 0 Å². The maximum atomic E-state index is 15.4. The van der Waals surface area contributed by atoms with Crippen molar-refractivity contribution in [3.8, 4) is 0 Å². The number of nitrogens with zero attached hydrogens (tertiary/aromatic N) is 1. The predicted molar refractivity (Wildman–Crippen MR) is 100 cm³/mol. The number of rotatable bonds is 0. The van der Waals surface area contributed by atoms with Gasteiger partial charge in [0, 0.05) is 34.7 Å². The lowest BCUT2D eigenvalue weighted by atomic mass is 9.67. The Labute approximate surface area is 148 Å². The van der Waals surface area contributed by atoms with E-state index in [-0.39, 0.29) is 28.8 Å². The molecule has 1 atom stereocenters. The molecule has 24 heavy (non-hydrogen) atoms. The minimum Gasteiger partial charge on any atom is -0.366 e. The van der Waals surface area contributed by atoms with Gasteiger partial charge >= 0.3 is 0 Å². The van der Waals surface area contributed by atoms with Crippen molar-refractivity contribution < 1.29 is 8.78 Å². The Morgan fingerprint density at radius 2 is 1.21 bits per heavy atom. The van der Waals surface area contributed by atoms with Gasteiger partial charge in [-0.25, -0.2) is 8.78 Å². The maximum Gasteiger partial charge on any atom is 0.273 e. The molecule has 0 aliphatic carbocycles. The third-order valence-electron chi connectivity index (χ3n) is 4.79. The van der Waals surface area contributed by atoms with E-state index in [1.807, 2.05) is 20.8 Å². The highest BCUT2D eigenvalue weighted by Gasteiger charge is 2.56. The summed E-state index contributed by atoms with van der Waals surface area (Å²) in [5.41, 5.74) is -0.206. The zero-order chi connectivity index (χ0) is 19.5. The Bertz CT molecular complexity index is 502. The smallest absolute Gasteiger partial charge is 0.273 e. The third kappa shape index (κ3) is 4.14. The standard InChI is InChI=1S/C21H39F2N/c1-17(2,3)14-13-21(22,23)15(18(4,5)6)16(19(7,8)9)24(14)20(10,11)12/h14H,13H2,1-12H3. The lowest BCUT2D eigenvalue weighted by Crippen LogP contribution is -2.61. The van der Waals surface area contributed by atoms with Crippen LogP contribution in [0.3, 0.4) is 0 Å². The van der Waals surface area contributed by atoms with Crippen molar-refractivity contribution in [2.24, 2.45) is 16.2 Å². The Hall–Kier alpha value is -0.600. The summed E-state index contributed by atoms with van der Waals surface area (Å²) in [6.07, 6.45) is -0.111. The molecule has 0 aromatic heterocycles. The Morgan fingerprint density at radius 1 is 0.792 bits per heavy atom. The molecule has 0 N–H and O–H groups in total. The maximum absolute atomic E-state index is 15.4. The van der Waals surface area contributed by atoms with Crippen molar-refractivity contribution in [1.82, 2.24) is 4.90 Å². The molecule has 1 aliphatic heterocycles. The molecule has 0 saturated heterocycles. The minimum atomic E-state index is -2.78. The van der Waals surface area contributed by atoms with Gasteiger partial charge in [0.25, 0.3) is 5.92 Å². The van der Waals surface area contributed by atoms with Gasteiger partial charge in [-0.2, -0.15) is 0 Å². The van der Waals surface area contributed by atoms with Crippen LogP contribution in [0.2, 0.25) is 0 Å². The van der Waals surface area contributed by atoms with Gasteiger partial charge in [-0.1, -0.05) is 62.3 Å². The largest absolute Gasteiger partial charge is 0.366 e. The first-order valence-corrected chi connectivity index (χ1v) is 9.13. The van der Waals surface area contributed by atoms with Gasteiger partial charge in [-0.3, -0.25) is 0 Å². The van der Waals surface area contributed by atoms with Crippen LogP contribution in [-0.4, -0.2) is 22.4 Å². The van der Waals surface area contributed by atoms with Crippen LogP contribution in [0.4, 0.5) is 8.78 Å². The summed E-state index contributed by atoms with van der Waals surface area (Å²) >= 11 is 0. The summed E-state index contributed by atoms with van der Waals surface area (Å²) in [7, 11) is 0. The van der Waals surface area contributed by atoms with Crippen LogP contribution in [0.1, 0.15) is 89.5 Å². The second-order valence-corrected chi connectivity index (χ2v) is 11.6. The molecule has 0 bridgehead atoms. The molecule has 1 aliphatic rings. The van der Waals surface area contributed by atoms with Crippen LogP contribution in [0.5, 0.6) is 0 Å². The highest BCUT2D eigenvalue weighted by atomic mass is 19.3. The van der Waals surface area contributed by atoms with Gasteiger partial charge in [0.1, 0.15) is 0 Å². The average molecular weight is 344 g/mol. The van der Waals surface area contributed by atoms with E-state index in [0.29, 0.717) is 5.57 Å². The van der Waals surface area contributed by atoms with Crippen molar-refractivity contribution in [2.45, 2.75) is 107 Å². The van der Waals surface area contributed by atoms with Crippen molar-refractivity contribution in [2.75, 3.05) is 0 Å². The molecular weight excluding hydrogens is 304 g/mol. The number of allylic oxidation sites excluding steroid dienone is 2. The molecule has 0 spiro atoms. The van der Waals surface area contributed by atoms with Crippen molar-refractivity contribution in [1.29, 1.82) is 0 Å². The fourth-order valence-corrected chi connectivity index (χ4v) is 4.02. The molecule has 0 amide bonds. The Kier molecular flexibility index (Phi) is 5.10. The fourth-order valence-electron chi connectivity index (χ4n) is 4.02. The molecule has 0 aromatic rings. The van der Waals surface area contributed by atoms with E-state index in [9.17, 15) is 0 Å². The van der Waals surface area contributed by atoms with Gasteiger partial charge in [0.15, 0.2) is 0 Å². The summed E-state index contributed by atoms with van der Waals surface area (Å²) in [5, 5.41) is 0. The number of hydrogen-bond acceptors (Lipinski definition) is 1. The SMILES string of the molecule is CC(C)(C)C1=C(C(C)(C)C)C(F)(F)CC(C(C)(C)C)N1C(C)(C)C. The van der Waals surface area contributed by atoms with Crippen molar-refractivity contribution in [3.05, 3.63) is 11.3 Å². The minimum absolute atomic E-state index is 0.111. The topological polar surface area (TPSA) is 3.24 Å². The molecule has 1 rings (SSSR count). The van der Waals surface area contributed by atoms with Gasteiger partial charge < -0.3 is 4.90 Å². The summed E-state index contributed by atoms with van der Waals surface area (Å²) in [6, 6.07) is -0.201. The second kappa shape index (κ2) is 5.71. The molecule has 1 nitrogen and oxygen atoms in total. The third-order valence-corrected chi connectivity index (χ3v) is 4.79. The molecule has 0 aromatic carbocycles. The predicted octanol–water partition coefficient (Wildman–Crippen LogP) is 6.89. The van der Waals surface area contributed by atoms with Crippen LogP contribution in [-0.2, 0) is 0 Å². The summed E-state index contributed by atoms with van der Waals surface area (Å²) in [4.78, 5) is 2.31. The van der Waals surface area contributed by atoms with Gasteiger partial charge in [0.2, 0.25) is 0 Å². The summed E-state index contributed by atoms with van der Waals surface area (Å²) in [6.45, 7) is 24.6. The highest BCUT2D eigenvalue weighted by Crippen LogP contribution is 2.55. The fraction of sp³-hybridized carbons (Fsp3) is 0.905. The first kappa shape index (κ1) is 21.4. The van der Waals surface area contributed by atoms with Crippen LogP contribution in [0.15, 0.2) is 11.3 Å². The zero-order valence-electron chi connectivity index (χ0n) is 18.0. The zero-order valence-corrected chi connectivity index (χ0v) is 18.0. The van der Waals surface area contributed by atoms with E-state index in [4.69, 9.17) is 0 Å². The molecule has 142 valence electrons. The monoisotopic (exact) mass is 343 g/mol. The van der Waals surface area contributed by atoms with Gasteiger partial charge in [-0.05, 0) is 31.6 Å². The summed E-state index contributed by atoms with van der Waals surface area (Å²) < 4.78 is 30.8. The molecular formula is C21H39F2N. The normalized spacial score (nSPS) is 23.8. The first-order chi connectivity index (χ1) is 10.2. The Balaban J connectivity index is 3.93. The lowest BCUT2D eigenvalue weighted by molar-refractivity contribution is -0.0822. The van der Waals surface area contributed by atoms with Crippen LogP contribution >= 0.6 is 0 Å². The molecule has 0 fully saturated rings. The molecule has 1 heterocycles. The van der Waals surface area contributed by atoms with E-state index < -0.39 is 11.3 Å². The van der Waals surface area contributed by atoms with E-state index in [2.05, 4.69) is 67.2 Å². The molecule has 1 unspecified atom stereocenters.